The van der Waals surface area contributed by atoms with Crippen LogP contribution in [0, 0.1) is 0 Å². The van der Waals surface area contributed by atoms with Crippen molar-refractivity contribution < 1.29 is 9.53 Å². The Kier molecular flexibility index (Phi) is 4.24. The Morgan fingerprint density at radius 1 is 1.33 bits per heavy atom. The predicted octanol–water partition coefficient (Wildman–Crippen LogP) is 4.04. The van der Waals surface area contributed by atoms with Crippen LogP contribution in [-0.2, 0) is 11.3 Å². The number of fused-ring (bicyclic) bond motifs is 3. The number of nitrogens with one attached hydrogen (secondary N) is 2. The fourth-order valence-electron chi connectivity index (χ4n) is 2.74. The second-order valence-corrected chi connectivity index (χ2v) is 7.12. The number of esters is 1. The van der Waals surface area contributed by atoms with E-state index in [-0.39, 0.29) is 5.97 Å². The summed E-state index contributed by atoms with van der Waals surface area (Å²) in [6, 6.07) is 5.68. The molecule has 0 aliphatic heterocycles. The largest absolute Gasteiger partial charge is 0.456 e. The number of halogens is 1. The van der Waals surface area contributed by atoms with Crippen molar-refractivity contribution in [1.82, 2.24) is 15.3 Å². The molecule has 1 aromatic carbocycles. The van der Waals surface area contributed by atoms with E-state index in [1.807, 2.05) is 52.2 Å². The monoisotopic (exact) mass is 345 g/mol. The number of nitrogens with zero attached hydrogens (tertiary/aromatic N) is 1. The molecular formula is C18H20ClN3O2. The Hall–Kier alpha value is -2.11. The third kappa shape index (κ3) is 3.09. The van der Waals surface area contributed by atoms with E-state index in [1.54, 1.807) is 0 Å². The maximum Gasteiger partial charge on any atom is 0.341 e. The molecule has 3 aromatic rings. The summed E-state index contributed by atoms with van der Waals surface area (Å²) in [4.78, 5) is 20.4. The Morgan fingerprint density at radius 2 is 2.08 bits per heavy atom. The SMILES string of the molecule is CNCc1nc2c(ccc3c[nH]c(Cl)cc32)c1C(=O)OC(C)(C)C. The Bertz CT molecular complexity index is 925. The quantitative estimate of drug-likeness (QED) is 0.555. The Morgan fingerprint density at radius 3 is 2.75 bits per heavy atom. The zero-order chi connectivity index (χ0) is 17.5. The summed E-state index contributed by atoms with van der Waals surface area (Å²) in [6.45, 7) is 6.04. The molecule has 0 radical (unpaired) electrons. The normalized spacial score (nSPS) is 12.0. The molecule has 24 heavy (non-hydrogen) atoms. The summed E-state index contributed by atoms with van der Waals surface area (Å²) >= 11 is 6.09. The fourth-order valence-corrected chi connectivity index (χ4v) is 2.90. The fraction of sp³-hybridized carbons (Fsp3) is 0.333. The highest BCUT2D eigenvalue weighted by atomic mass is 35.5. The molecule has 5 nitrogen and oxygen atoms in total. The number of benzene rings is 1. The van der Waals surface area contributed by atoms with Crippen LogP contribution in [0.4, 0.5) is 0 Å². The van der Waals surface area contributed by atoms with Gasteiger partial charge >= 0.3 is 5.97 Å². The number of carbonyl (C=O) groups is 1. The number of hydrogen-bond donors (Lipinski definition) is 2. The van der Waals surface area contributed by atoms with Crippen LogP contribution >= 0.6 is 11.6 Å². The minimum Gasteiger partial charge on any atom is -0.456 e. The van der Waals surface area contributed by atoms with Gasteiger partial charge in [-0.05, 0) is 33.9 Å². The van der Waals surface area contributed by atoms with Gasteiger partial charge in [0.15, 0.2) is 0 Å². The average molecular weight is 346 g/mol. The van der Waals surface area contributed by atoms with Gasteiger partial charge in [-0.25, -0.2) is 9.78 Å². The molecule has 2 heterocycles. The van der Waals surface area contributed by atoms with Crippen molar-refractivity contribution in [3.8, 4) is 0 Å². The van der Waals surface area contributed by atoms with Crippen molar-refractivity contribution in [3.05, 3.63) is 40.8 Å². The maximum absolute atomic E-state index is 12.7. The molecule has 6 heteroatoms. The summed E-state index contributed by atoms with van der Waals surface area (Å²) in [7, 11) is 1.82. The molecule has 0 bridgehead atoms. The van der Waals surface area contributed by atoms with Crippen LogP contribution in [0.5, 0.6) is 0 Å². The second-order valence-electron chi connectivity index (χ2n) is 6.71. The van der Waals surface area contributed by atoms with E-state index in [1.165, 1.54) is 0 Å². The van der Waals surface area contributed by atoms with Gasteiger partial charge in [0.05, 0.1) is 16.8 Å². The lowest BCUT2D eigenvalue weighted by atomic mass is 10.1. The van der Waals surface area contributed by atoms with Crippen molar-refractivity contribution >= 4 is 39.2 Å². The summed E-state index contributed by atoms with van der Waals surface area (Å²) < 4.78 is 5.57. The Labute approximate surface area is 145 Å². The van der Waals surface area contributed by atoms with Gasteiger partial charge < -0.3 is 15.0 Å². The minimum absolute atomic E-state index is 0.358. The number of H-pyrrole nitrogens is 1. The first kappa shape index (κ1) is 16.7. The van der Waals surface area contributed by atoms with Gasteiger partial charge in [0.1, 0.15) is 10.8 Å². The lowest BCUT2D eigenvalue weighted by molar-refractivity contribution is 0.00706. The number of aromatic nitrogens is 2. The van der Waals surface area contributed by atoms with E-state index < -0.39 is 5.60 Å². The highest BCUT2D eigenvalue weighted by molar-refractivity contribution is 6.30. The molecule has 126 valence electrons. The van der Waals surface area contributed by atoms with Crippen LogP contribution in [-0.4, -0.2) is 28.6 Å². The summed E-state index contributed by atoms with van der Waals surface area (Å²) in [5, 5.41) is 6.25. The van der Waals surface area contributed by atoms with Gasteiger partial charge in [0.25, 0.3) is 0 Å². The lowest BCUT2D eigenvalue weighted by Crippen LogP contribution is -2.24. The molecule has 0 atom stereocenters. The smallest absolute Gasteiger partial charge is 0.341 e. The molecule has 0 saturated heterocycles. The third-order valence-electron chi connectivity index (χ3n) is 3.64. The molecule has 0 unspecified atom stereocenters. The zero-order valence-electron chi connectivity index (χ0n) is 14.2. The topological polar surface area (TPSA) is 67.0 Å². The third-order valence-corrected chi connectivity index (χ3v) is 3.86. The molecule has 0 amide bonds. The standard InChI is InChI=1S/C18H20ClN3O2/c1-18(2,3)24-17(23)15-11-6-5-10-8-21-14(19)7-12(10)16(11)22-13(15)9-20-4/h5-8,20-21H,9H2,1-4H3. The first-order valence-corrected chi connectivity index (χ1v) is 8.15. The van der Waals surface area contributed by atoms with E-state index in [2.05, 4.69) is 15.3 Å². The first-order chi connectivity index (χ1) is 11.3. The van der Waals surface area contributed by atoms with E-state index in [0.717, 1.165) is 21.7 Å². The number of aromatic amines is 1. The number of rotatable bonds is 3. The molecule has 2 N–H and O–H groups in total. The van der Waals surface area contributed by atoms with Gasteiger partial charge in [-0.15, -0.1) is 0 Å². The molecule has 3 rings (SSSR count). The Balaban J connectivity index is 2.26. The molecular weight excluding hydrogens is 326 g/mol. The number of pyridine rings is 1. The van der Waals surface area contributed by atoms with Crippen molar-refractivity contribution in [2.24, 2.45) is 0 Å². The summed E-state index contributed by atoms with van der Waals surface area (Å²) in [6.07, 6.45) is 1.83. The number of carbonyl (C=O) groups excluding carboxylic acids is 1. The first-order valence-electron chi connectivity index (χ1n) is 7.77. The number of ether oxygens (including phenoxy) is 1. The summed E-state index contributed by atoms with van der Waals surface area (Å²) in [5.74, 6) is -0.358. The van der Waals surface area contributed by atoms with Crippen molar-refractivity contribution in [1.29, 1.82) is 0 Å². The van der Waals surface area contributed by atoms with Crippen LogP contribution < -0.4 is 5.32 Å². The molecule has 0 saturated carbocycles. The van der Waals surface area contributed by atoms with E-state index >= 15 is 0 Å². The maximum atomic E-state index is 12.7. The lowest BCUT2D eigenvalue weighted by Gasteiger charge is -2.19. The van der Waals surface area contributed by atoms with Gasteiger partial charge in [-0.2, -0.15) is 0 Å². The molecule has 0 spiro atoms. The minimum atomic E-state index is -0.563. The van der Waals surface area contributed by atoms with Gasteiger partial charge in [-0.1, -0.05) is 23.7 Å². The average Bonchev–Trinajstić information content (AvgIpc) is 2.84. The van der Waals surface area contributed by atoms with Crippen molar-refractivity contribution in [2.45, 2.75) is 32.9 Å². The van der Waals surface area contributed by atoms with Gasteiger partial charge in [0, 0.05) is 28.9 Å². The van der Waals surface area contributed by atoms with E-state index in [0.29, 0.717) is 23.0 Å². The van der Waals surface area contributed by atoms with Crippen LogP contribution in [0.1, 0.15) is 36.8 Å². The molecule has 0 aliphatic carbocycles. The van der Waals surface area contributed by atoms with Gasteiger partial charge in [-0.3, -0.25) is 0 Å². The highest BCUT2D eigenvalue weighted by Crippen LogP contribution is 2.31. The summed E-state index contributed by atoms with van der Waals surface area (Å²) in [5.41, 5.74) is 1.39. The molecule has 2 aromatic heterocycles. The van der Waals surface area contributed by atoms with Crippen molar-refractivity contribution in [3.63, 3.8) is 0 Å². The van der Waals surface area contributed by atoms with Crippen LogP contribution in [0.3, 0.4) is 0 Å². The predicted molar refractivity (Wildman–Crippen MR) is 96.5 cm³/mol. The van der Waals surface area contributed by atoms with E-state index in [9.17, 15) is 4.79 Å². The van der Waals surface area contributed by atoms with E-state index in [4.69, 9.17) is 16.3 Å². The van der Waals surface area contributed by atoms with Crippen molar-refractivity contribution in [2.75, 3.05) is 7.05 Å². The van der Waals surface area contributed by atoms with Crippen LogP contribution in [0.15, 0.2) is 24.4 Å². The molecule has 0 aliphatic rings. The second kappa shape index (κ2) is 6.07. The van der Waals surface area contributed by atoms with Crippen LogP contribution in [0.25, 0.3) is 21.7 Å². The highest BCUT2D eigenvalue weighted by Gasteiger charge is 2.25. The van der Waals surface area contributed by atoms with Gasteiger partial charge in [0.2, 0.25) is 0 Å². The molecule has 0 fully saturated rings. The zero-order valence-corrected chi connectivity index (χ0v) is 14.9. The van der Waals surface area contributed by atoms with Crippen LogP contribution in [0.2, 0.25) is 5.15 Å². The number of hydrogen-bond acceptors (Lipinski definition) is 4.